The van der Waals surface area contributed by atoms with Gasteiger partial charge in [0.15, 0.2) is 0 Å². The number of aryl methyl sites for hydroxylation is 1. The van der Waals surface area contributed by atoms with Crippen LogP contribution in [-0.2, 0) is 0 Å². The SMILES string of the molecule is Cc1nc(-c2cccc(NC(=O)c3ccnc4ccccc34)c2)cs1. The third-order valence-electron chi connectivity index (χ3n) is 3.93. The minimum Gasteiger partial charge on any atom is -0.322 e. The van der Waals surface area contributed by atoms with Gasteiger partial charge in [0.05, 0.1) is 21.8 Å². The number of hydrogen-bond donors (Lipinski definition) is 1. The summed E-state index contributed by atoms with van der Waals surface area (Å²) in [6.45, 7) is 1.98. The predicted molar refractivity (Wildman–Crippen MR) is 102 cm³/mol. The van der Waals surface area contributed by atoms with Crippen molar-refractivity contribution in [3.8, 4) is 11.3 Å². The number of fused-ring (bicyclic) bond motifs is 1. The highest BCUT2D eigenvalue weighted by molar-refractivity contribution is 7.09. The molecule has 0 aliphatic carbocycles. The zero-order valence-electron chi connectivity index (χ0n) is 13.6. The van der Waals surface area contributed by atoms with E-state index in [4.69, 9.17) is 0 Å². The Morgan fingerprint density at radius 1 is 1.08 bits per heavy atom. The van der Waals surface area contributed by atoms with Crippen molar-refractivity contribution in [3.05, 3.63) is 76.7 Å². The Balaban J connectivity index is 1.65. The fraction of sp³-hybridized carbons (Fsp3) is 0.0500. The van der Waals surface area contributed by atoms with Crippen LogP contribution in [0.4, 0.5) is 5.69 Å². The number of para-hydroxylation sites is 1. The Labute approximate surface area is 149 Å². The zero-order chi connectivity index (χ0) is 17.2. The lowest BCUT2D eigenvalue weighted by atomic mass is 10.1. The van der Waals surface area contributed by atoms with Gasteiger partial charge in [-0.1, -0.05) is 30.3 Å². The molecule has 1 N–H and O–H groups in total. The molecule has 2 heterocycles. The molecule has 2 aromatic heterocycles. The number of thiazole rings is 1. The zero-order valence-corrected chi connectivity index (χ0v) is 14.4. The third-order valence-corrected chi connectivity index (χ3v) is 4.70. The van der Waals surface area contributed by atoms with Gasteiger partial charge in [0, 0.05) is 28.2 Å². The van der Waals surface area contributed by atoms with Gasteiger partial charge < -0.3 is 5.32 Å². The molecule has 122 valence electrons. The number of aromatic nitrogens is 2. The average Bonchev–Trinajstić information content (AvgIpc) is 3.08. The molecule has 0 bridgehead atoms. The monoisotopic (exact) mass is 345 g/mol. The summed E-state index contributed by atoms with van der Waals surface area (Å²) in [5.74, 6) is -0.148. The molecule has 4 nitrogen and oxygen atoms in total. The van der Waals surface area contributed by atoms with Crippen LogP contribution in [0, 0.1) is 6.92 Å². The largest absolute Gasteiger partial charge is 0.322 e. The smallest absolute Gasteiger partial charge is 0.256 e. The van der Waals surface area contributed by atoms with Crippen LogP contribution in [0.3, 0.4) is 0 Å². The molecule has 0 saturated heterocycles. The molecule has 5 heteroatoms. The number of nitrogens with one attached hydrogen (secondary N) is 1. The van der Waals surface area contributed by atoms with Crippen LogP contribution in [-0.4, -0.2) is 15.9 Å². The Bertz CT molecular complexity index is 1070. The number of benzene rings is 2. The van der Waals surface area contributed by atoms with Crippen molar-refractivity contribution in [1.29, 1.82) is 0 Å². The first-order valence-electron chi connectivity index (χ1n) is 7.88. The number of rotatable bonds is 3. The van der Waals surface area contributed by atoms with E-state index in [1.807, 2.05) is 60.8 Å². The Morgan fingerprint density at radius 2 is 1.96 bits per heavy atom. The molecule has 0 atom stereocenters. The van der Waals surface area contributed by atoms with Gasteiger partial charge >= 0.3 is 0 Å². The minimum absolute atomic E-state index is 0.148. The molecule has 0 unspecified atom stereocenters. The number of pyridine rings is 1. The molecule has 0 saturated carbocycles. The van der Waals surface area contributed by atoms with Crippen molar-refractivity contribution in [2.45, 2.75) is 6.92 Å². The van der Waals surface area contributed by atoms with E-state index in [-0.39, 0.29) is 5.91 Å². The second kappa shape index (κ2) is 6.45. The molecule has 0 spiro atoms. The highest BCUT2D eigenvalue weighted by Gasteiger charge is 2.11. The van der Waals surface area contributed by atoms with E-state index in [0.717, 1.165) is 32.9 Å². The molecule has 4 rings (SSSR count). The second-order valence-electron chi connectivity index (χ2n) is 5.66. The van der Waals surface area contributed by atoms with E-state index >= 15 is 0 Å². The number of amides is 1. The van der Waals surface area contributed by atoms with E-state index < -0.39 is 0 Å². The number of carbonyl (C=O) groups excluding carboxylic acids is 1. The fourth-order valence-corrected chi connectivity index (χ4v) is 3.37. The van der Waals surface area contributed by atoms with E-state index in [0.29, 0.717) is 5.56 Å². The lowest BCUT2D eigenvalue weighted by Gasteiger charge is -2.08. The highest BCUT2D eigenvalue weighted by atomic mass is 32.1. The lowest BCUT2D eigenvalue weighted by molar-refractivity contribution is 0.102. The first kappa shape index (κ1) is 15.5. The molecule has 25 heavy (non-hydrogen) atoms. The maximum absolute atomic E-state index is 12.7. The first-order valence-corrected chi connectivity index (χ1v) is 8.76. The van der Waals surface area contributed by atoms with Gasteiger partial charge in [0.25, 0.3) is 5.91 Å². The van der Waals surface area contributed by atoms with Crippen LogP contribution < -0.4 is 5.32 Å². The highest BCUT2D eigenvalue weighted by Crippen LogP contribution is 2.25. The molecule has 1 amide bonds. The van der Waals surface area contributed by atoms with Crippen LogP contribution in [0.15, 0.2) is 66.2 Å². The summed E-state index contributed by atoms with van der Waals surface area (Å²) < 4.78 is 0. The Kier molecular flexibility index (Phi) is 3.99. The van der Waals surface area contributed by atoms with Gasteiger partial charge in [-0.05, 0) is 31.2 Å². The van der Waals surface area contributed by atoms with E-state index in [9.17, 15) is 4.79 Å². The predicted octanol–water partition coefficient (Wildman–Crippen LogP) is 4.92. The Hall–Kier alpha value is -3.05. The van der Waals surface area contributed by atoms with Gasteiger partial charge in [0.2, 0.25) is 0 Å². The second-order valence-corrected chi connectivity index (χ2v) is 6.72. The summed E-state index contributed by atoms with van der Waals surface area (Å²) in [6.07, 6.45) is 1.66. The number of hydrogen-bond acceptors (Lipinski definition) is 4. The van der Waals surface area contributed by atoms with Crippen LogP contribution in [0.25, 0.3) is 22.2 Å². The van der Waals surface area contributed by atoms with Gasteiger partial charge in [-0.3, -0.25) is 9.78 Å². The standard InChI is InChI=1S/C20H15N3OS/c1-13-22-19(12-25-13)14-5-4-6-15(11-14)23-20(24)17-9-10-21-18-8-3-2-7-16(17)18/h2-12H,1H3,(H,23,24). The summed E-state index contributed by atoms with van der Waals surface area (Å²) in [6, 6.07) is 17.1. The van der Waals surface area contributed by atoms with E-state index in [2.05, 4.69) is 15.3 Å². The topological polar surface area (TPSA) is 54.9 Å². The average molecular weight is 345 g/mol. The van der Waals surface area contributed by atoms with Crippen molar-refractivity contribution in [1.82, 2.24) is 9.97 Å². The van der Waals surface area contributed by atoms with Gasteiger partial charge in [-0.2, -0.15) is 0 Å². The van der Waals surface area contributed by atoms with Gasteiger partial charge in [0.1, 0.15) is 0 Å². The van der Waals surface area contributed by atoms with Crippen LogP contribution >= 0.6 is 11.3 Å². The molecule has 0 aliphatic heterocycles. The molecule has 0 aliphatic rings. The minimum atomic E-state index is -0.148. The van der Waals surface area contributed by atoms with Crippen molar-refractivity contribution in [2.24, 2.45) is 0 Å². The summed E-state index contributed by atoms with van der Waals surface area (Å²) in [5, 5.41) is 6.86. The summed E-state index contributed by atoms with van der Waals surface area (Å²) >= 11 is 1.61. The van der Waals surface area contributed by atoms with Crippen molar-refractivity contribution in [2.75, 3.05) is 5.32 Å². The maximum atomic E-state index is 12.7. The lowest BCUT2D eigenvalue weighted by Crippen LogP contribution is -2.12. The van der Waals surface area contributed by atoms with Crippen LogP contribution in [0.2, 0.25) is 0 Å². The Morgan fingerprint density at radius 3 is 2.80 bits per heavy atom. The number of carbonyl (C=O) groups is 1. The molecular formula is C20H15N3OS. The van der Waals surface area contributed by atoms with Crippen LogP contribution in [0.1, 0.15) is 15.4 Å². The van der Waals surface area contributed by atoms with E-state index in [1.54, 1.807) is 23.6 Å². The van der Waals surface area contributed by atoms with Gasteiger partial charge in [-0.25, -0.2) is 4.98 Å². The van der Waals surface area contributed by atoms with Crippen molar-refractivity contribution >= 4 is 33.8 Å². The number of nitrogens with zero attached hydrogens (tertiary/aromatic N) is 2. The summed E-state index contributed by atoms with van der Waals surface area (Å²) in [5.41, 5.74) is 4.08. The molecule has 4 aromatic rings. The molecule has 0 radical (unpaired) electrons. The van der Waals surface area contributed by atoms with Crippen molar-refractivity contribution in [3.63, 3.8) is 0 Å². The summed E-state index contributed by atoms with van der Waals surface area (Å²) in [4.78, 5) is 21.5. The molecule has 0 fully saturated rings. The quantitative estimate of drug-likeness (QED) is 0.573. The van der Waals surface area contributed by atoms with Gasteiger partial charge in [-0.15, -0.1) is 11.3 Å². The normalized spacial score (nSPS) is 10.8. The molecular weight excluding hydrogens is 330 g/mol. The maximum Gasteiger partial charge on any atom is 0.256 e. The van der Waals surface area contributed by atoms with E-state index in [1.165, 1.54) is 0 Å². The summed E-state index contributed by atoms with van der Waals surface area (Å²) in [7, 11) is 0. The molecule has 2 aromatic carbocycles. The third kappa shape index (κ3) is 3.14. The van der Waals surface area contributed by atoms with Crippen molar-refractivity contribution < 1.29 is 4.79 Å². The first-order chi connectivity index (χ1) is 12.2. The van der Waals surface area contributed by atoms with Crippen LogP contribution in [0.5, 0.6) is 0 Å². The fourth-order valence-electron chi connectivity index (χ4n) is 2.74. The number of anilines is 1.